The molecule has 1 N–H and O–H groups in total. The molecule has 43 heavy (non-hydrogen) atoms. The smallest absolute Gasteiger partial charge is 0.261 e. The standard InChI is InChI=1S/C38H54N2O2.BrH/c1-4-5-6-7-8-9-10-11-12-13-14-21-30-42-38(31-33(2)3,35-22-17-15-18-23-35)37(41)39-36-26-24-34(25-27-36)32-40-28-19-16-20-29-40;/h15-20,22-29,33H,4-14,21,30-32H2,1-3H3;1H. The molecule has 1 atom stereocenters. The Morgan fingerprint density at radius 1 is 0.744 bits per heavy atom. The summed E-state index contributed by atoms with van der Waals surface area (Å²) in [6.45, 7) is 7.97. The number of hydrogen-bond donors (Lipinski definition) is 1. The zero-order chi connectivity index (χ0) is 29.9. The quantitative estimate of drug-likeness (QED) is 0.104. The molecule has 1 aromatic heterocycles. The highest BCUT2D eigenvalue weighted by Crippen LogP contribution is 2.35. The van der Waals surface area contributed by atoms with Gasteiger partial charge in [0.25, 0.3) is 5.91 Å². The van der Waals surface area contributed by atoms with Crippen LogP contribution in [-0.2, 0) is 21.7 Å². The lowest BCUT2D eigenvalue weighted by atomic mass is 9.84. The van der Waals surface area contributed by atoms with E-state index in [1.165, 1.54) is 69.8 Å². The summed E-state index contributed by atoms with van der Waals surface area (Å²) in [5.74, 6) is 0.203. The average molecular weight is 652 g/mol. The second-order valence-electron chi connectivity index (χ2n) is 12.2. The zero-order valence-electron chi connectivity index (χ0n) is 26.9. The minimum atomic E-state index is -1.02. The molecule has 1 unspecified atom stereocenters. The summed E-state index contributed by atoms with van der Waals surface area (Å²) in [5.41, 5.74) is 1.88. The third-order valence-electron chi connectivity index (χ3n) is 8.00. The van der Waals surface area contributed by atoms with Crippen LogP contribution >= 0.6 is 0 Å². The second kappa shape index (κ2) is 21.2. The number of rotatable bonds is 21. The number of nitrogens with one attached hydrogen (secondary N) is 1. The molecule has 0 radical (unpaired) electrons. The zero-order valence-corrected chi connectivity index (χ0v) is 28.5. The number of carbonyl (C=O) groups is 1. The molecule has 0 fully saturated rings. The van der Waals surface area contributed by atoms with E-state index >= 15 is 0 Å². The Morgan fingerprint density at radius 3 is 1.84 bits per heavy atom. The summed E-state index contributed by atoms with van der Waals surface area (Å²) >= 11 is 0. The summed E-state index contributed by atoms with van der Waals surface area (Å²) in [6.07, 6.45) is 20.4. The van der Waals surface area contributed by atoms with Crippen molar-refractivity contribution in [2.45, 2.75) is 116 Å². The summed E-state index contributed by atoms with van der Waals surface area (Å²) < 4.78 is 8.78. The molecule has 0 bridgehead atoms. The normalized spacial score (nSPS) is 12.5. The summed E-state index contributed by atoms with van der Waals surface area (Å²) in [6, 6.07) is 24.3. The van der Waals surface area contributed by atoms with E-state index in [-0.39, 0.29) is 22.9 Å². The van der Waals surface area contributed by atoms with Crippen LogP contribution in [0.2, 0.25) is 0 Å². The molecule has 0 aliphatic rings. The molecule has 1 heterocycles. The number of halogens is 1. The van der Waals surface area contributed by atoms with E-state index < -0.39 is 5.60 Å². The third-order valence-corrected chi connectivity index (χ3v) is 8.00. The van der Waals surface area contributed by atoms with Crippen LogP contribution in [0, 0.1) is 5.92 Å². The van der Waals surface area contributed by atoms with Gasteiger partial charge in [-0.1, -0.05) is 140 Å². The molecule has 3 aromatic rings. The van der Waals surface area contributed by atoms with Crippen LogP contribution in [0.15, 0.2) is 85.2 Å². The lowest BCUT2D eigenvalue weighted by molar-refractivity contribution is -0.688. The van der Waals surface area contributed by atoms with Gasteiger partial charge >= 0.3 is 0 Å². The number of anilines is 1. The van der Waals surface area contributed by atoms with Gasteiger partial charge in [0.1, 0.15) is 0 Å². The molecule has 0 spiro atoms. The highest BCUT2D eigenvalue weighted by atomic mass is 79.9. The van der Waals surface area contributed by atoms with E-state index in [0.29, 0.717) is 18.9 Å². The SMILES string of the molecule is CCCCCCCCCCCCCCOC(CC(C)C)(C(=O)Nc1ccc(C[n+]2ccccc2)cc1)c1ccccc1.[Br-]. The average Bonchev–Trinajstić information content (AvgIpc) is 3.00. The van der Waals surface area contributed by atoms with Crippen LogP contribution in [0.3, 0.4) is 0 Å². The van der Waals surface area contributed by atoms with Crippen molar-refractivity contribution >= 4 is 11.6 Å². The highest BCUT2D eigenvalue weighted by molar-refractivity contribution is 5.98. The molecule has 3 rings (SSSR count). The Kier molecular flexibility index (Phi) is 18.1. The second-order valence-corrected chi connectivity index (χ2v) is 12.2. The maximum atomic E-state index is 14.1. The Balaban J connectivity index is 0.00000645. The molecule has 5 heteroatoms. The van der Waals surface area contributed by atoms with E-state index in [1.54, 1.807) is 0 Å². The van der Waals surface area contributed by atoms with E-state index in [0.717, 1.165) is 30.6 Å². The minimum absolute atomic E-state index is 0. The van der Waals surface area contributed by atoms with E-state index in [1.807, 2.05) is 60.7 Å². The van der Waals surface area contributed by atoms with Gasteiger partial charge in [0.15, 0.2) is 24.5 Å². The summed E-state index contributed by atoms with van der Waals surface area (Å²) in [4.78, 5) is 14.1. The molecule has 236 valence electrons. The van der Waals surface area contributed by atoms with Crippen molar-refractivity contribution in [3.63, 3.8) is 0 Å². The number of hydrogen-bond acceptors (Lipinski definition) is 2. The van der Waals surface area contributed by atoms with Crippen molar-refractivity contribution in [2.75, 3.05) is 11.9 Å². The topological polar surface area (TPSA) is 42.2 Å². The van der Waals surface area contributed by atoms with Crippen molar-refractivity contribution < 1.29 is 31.1 Å². The van der Waals surface area contributed by atoms with Gasteiger partial charge in [0.05, 0.1) is 0 Å². The van der Waals surface area contributed by atoms with Gasteiger partial charge < -0.3 is 27.0 Å². The molecule has 0 saturated heterocycles. The van der Waals surface area contributed by atoms with Crippen LogP contribution in [0.4, 0.5) is 5.69 Å². The molecule has 0 aliphatic heterocycles. The molecule has 1 amide bonds. The van der Waals surface area contributed by atoms with Crippen molar-refractivity contribution in [2.24, 2.45) is 5.92 Å². The minimum Gasteiger partial charge on any atom is -1.00 e. The predicted molar refractivity (Wildman–Crippen MR) is 175 cm³/mol. The number of aromatic nitrogens is 1. The first kappa shape index (κ1) is 36.7. The Hall–Kier alpha value is -2.50. The van der Waals surface area contributed by atoms with Gasteiger partial charge in [-0.25, -0.2) is 4.57 Å². The monoisotopic (exact) mass is 650 g/mol. The van der Waals surface area contributed by atoms with E-state index in [9.17, 15) is 4.79 Å². The van der Waals surface area contributed by atoms with Crippen LogP contribution in [0.25, 0.3) is 0 Å². The van der Waals surface area contributed by atoms with Crippen LogP contribution < -0.4 is 26.9 Å². The third kappa shape index (κ3) is 13.4. The number of unbranched alkanes of at least 4 members (excludes halogenated alkanes) is 11. The first-order valence-electron chi connectivity index (χ1n) is 16.6. The molecular weight excluding hydrogens is 596 g/mol. The largest absolute Gasteiger partial charge is 1.00 e. The molecule has 0 saturated carbocycles. The van der Waals surface area contributed by atoms with Gasteiger partial charge in [0.2, 0.25) is 0 Å². The Morgan fingerprint density at radius 2 is 1.28 bits per heavy atom. The van der Waals surface area contributed by atoms with Gasteiger partial charge in [-0.3, -0.25) is 4.79 Å². The fourth-order valence-electron chi connectivity index (χ4n) is 5.70. The molecule has 2 aromatic carbocycles. The number of pyridine rings is 1. The number of ether oxygens (including phenoxy) is 1. The maximum absolute atomic E-state index is 14.1. The van der Waals surface area contributed by atoms with Crippen LogP contribution in [0.5, 0.6) is 0 Å². The Labute approximate surface area is 272 Å². The van der Waals surface area contributed by atoms with Crippen LogP contribution in [-0.4, -0.2) is 12.5 Å². The maximum Gasteiger partial charge on any atom is 0.261 e. The summed E-state index contributed by atoms with van der Waals surface area (Å²) in [5, 5.41) is 3.20. The number of nitrogens with zero attached hydrogens (tertiary/aromatic N) is 1. The fourth-order valence-corrected chi connectivity index (χ4v) is 5.70. The van der Waals surface area contributed by atoms with E-state index in [2.05, 4.69) is 55.2 Å². The van der Waals surface area contributed by atoms with Crippen molar-refractivity contribution in [3.05, 3.63) is 96.3 Å². The number of amides is 1. The van der Waals surface area contributed by atoms with Crippen molar-refractivity contribution in [1.82, 2.24) is 0 Å². The van der Waals surface area contributed by atoms with Gasteiger partial charge in [-0.2, -0.15) is 0 Å². The lowest BCUT2D eigenvalue weighted by Crippen LogP contribution is -3.00. The predicted octanol–water partition coefficient (Wildman–Crippen LogP) is 6.62. The van der Waals surface area contributed by atoms with Gasteiger partial charge in [0, 0.05) is 30.0 Å². The van der Waals surface area contributed by atoms with Crippen LogP contribution in [0.1, 0.15) is 115 Å². The fraction of sp³-hybridized carbons (Fsp3) is 0.526. The molecule has 0 aliphatic carbocycles. The van der Waals surface area contributed by atoms with Gasteiger partial charge in [-0.15, -0.1) is 0 Å². The lowest BCUT2D eigenvalue weighted by Gasteiger charge is -2.34. The number of carbonyl (C=O) groups excluding carboxylic acids is 1. The molecular formula is C38H55BrN2O2. The first-order chi connectivity index (χ1) is 20.5. The van der Waals surface area contributed by atoms with Crippen molar-refractivity contribution in [3.8, 4) is 0 Å². The number of benzene rings is 2. The van der Waals surface area contributed by atoms with Crippen molar-refractivity contribution in [1.29, 1.82) is 0 Å². The summed E-state index contributed by atoms with van der Waals surface area (Å²) in [7, 11) is 0. The first-order valence-corrected chi connectivity index (χ1v) is 16.6. The molecule has 4 nitrogen and oxygen atoms in total. The highest BCUT2D eigenvalue weighted by Gasteiger charge is 2.42. The van der Waals surface area contributed by atoms with E-state index in [4.69, 9.17) is 4.74 Å². The Bertz CT molecular complexity index is 1120. The van der Waals surface area contributed by atoms with Gasteiger partial charge in [-0.05, 0) is 36.5 Å².